The van der Waals surface area contributed by atoms with Crippen molar-refractivity contribution in [1.82, 2.24) is 15.2 Å². The number of nitrogens with one attached hydrogen (secondary N) is 1. The second-order valence-electron chi connectivity index (χ2n) is 6.95. The van der Waals surface area contributed by atoms with Crippen LogP contribution in [0.5, 0.6) is 0 Å². The van der Waals surface area contributed by atoms with Gasteiger partial charge in [0.15, 0.2) is 5.13 Å². The zero-order chi connectivity index (χ0) is 18.0. The van der Waals surface area contributed by atoms with Crippen molar-refractivity contribution >= 4 is 28.5 Å². The van der Waals surface area contributed by atoms with Gasteiger partial charge >= 0.3 is 12.0 Å². The summed E-state index contributed by atoms with van der Waals surface area (Å²) < 4.78 is 0. The summed E-state index contributed by atoms with van der Waals surface area (Å²) in [7, 11) is 0. The van der Waals surface area contributed by atoms with Crippen LogP contribution in [-0.4, -0.2) is 59.2 Å². The number of hydrogen-bond acceptors (Lipinski definition) is 5. The van der Waals surface area contributed by atoms with Gasteiger partial charge in [-0.05, 0) is 39.5 Å². The molecule has 2 N–H and O–H groups in total. The van der Waals surface area contributed by atoms with Crippen molar-refractivity contribution in [2.24, 2.45) is 5.92 Å². The van der Waals surface area contributed by atoms with Crippen LogP contribution in [0.4, 0.5) is 9.93 Å². The molecular formula is C17H26N4O3S. The molecule has 2 fully saturated rings. The van der Waals surface area contributed by atoms with Crippen LogP contribution in [0.3, 0.4) is 0 Å². The molecule has 3 rings (SSSR count). The van der Waals surface area contributed by atoms with Crippen LogP contribution in [0.2, 0.25) is 0 Å². The van der Waals surface area contributed by atoms with E-state index < -0.39 is 5.97 Å². The third kappa shape index (κ3) is 4.23. The number of aromatic nitrogens is 1. The second kappa shape index (κ2) is 7.59. The van der Waals surface area contributed by atoms with Crippen molar-refractivity contribution in [1.29, 1.82) is 0 Å². The first-order chi connectivity index (χ1) is 11.9. The molecule has 0 radical (unpaired) electrons. The van der Waals surface area contributed by atoms with E-state index in [1.807, 2.05) is 11.8 Å². The van der Waals surface area contributed by atoms with E-state index in [-0.39, 0.29) is 18.0 Å². The zero-order valence-electron chi connectivity index (χ0n) is 14.8. The van der Waals surface area contributed by atoms with Crippen LogP contribution in [0.15, 0.2) is 0 Å². The first-order valence-corrected chi connectivity index (χ1v) is 9.73. The lowest BCUT2D eigenvalue weighted by molar-refractivity contribution is -0.142. The summed E-state index contributed by atoms with van der Waals surface area (Å²) in [6, 6.07) is 0.0790. The maximum absolute atomic E-state index is 12.5. The van der Waals surface area contributed by atoms with Crippen LogP contribution in [0.25, 0.3) is 0 Å². The Morgan fingerprint density at radius 1 is 1.12 bits per heavy atom. The number of hydrogen-bond donors (Lipinski definition) is 2. The van der Waals surface area contributed by atoms with E-state index in [1.165, 1.54) is 4.88 Å². The van der Waals surface area contributed by atoms with Crippen LogP contribution in [-0.2, 0) is 4.79 Å². The van der Waals surface area contributed by atoms with Gasteiger partial charge < -0.3 is 20.2 Å². The highest BCUT2D eigenvalue weighted by molar-refractivity contribution is 7.15. The molecule has 7 nitrogen and oxygen atoms in total. The van der Waals surface area contributed by atoms with Gasteiger partial charge in [-0.1, -0.05) is 0 Å². The quantitative estimate of drug-likeness (QED) is 0.857. The number of amides is 2. The number of aryl methyl sites for hydroxylation is 2. The summed E-state index contributed by atoms with van der Waals surface area (Å²) in [5.41, 5.74) is 1.08. The molecule has 25 heavy (non-hydrogen) atoms. The molecule has 1 aliphatic heterocycles. The molecule has 2 amide bonds. The van der Waals surface area contributed by atoms with Gasteiger partial charge in [-0.25, -0.2) is 9.78 Å². The maximum atomic E-state index is 12.5. The molecule has 0 bridgehead atoms. The van der Waals surface area contributed by atoms with Crippen molar-refractivity contribution in [3.63, 3.8) is 0 Å². The Hall–Kier alpha value is -1.83. The Morgan fingerprint density at radius 2 is 1.76 bits per heavy atom. The van der Waals surface area contributed by atoms with E-state index in [2.05, 4.69) is 22.1 Å². The Balaban J connectivity index is 1.45. The number of carbonyl (C=O) groups excluding carboxylic acids is 1. The molecule has 0 atom stereocenters. The van der Waals surface area contributed by atoms with Crippen LogP contribution in [0, 0.1) is 19.8 Å². The van der Waals surface area contributed by atoms with Crippen LogP contribution < -0.4 is 10.2 Å². The topological polar surface area (TPSA) is 85.8 Å². The monoisotopic (exact) mass is 366 g/mol. The summed E-state index contributed by atoms with van der Waals surface area (Å²) in [4.78, 5) is 33.4. The Kier molecular flexibility index (Phi) is 5.46. The van der Waals surface area contributed by atoms with E-state index >= 15 is 0 Å². The van der Waals surface area contributed by atoms with Gasteiger partial charge in [0, 0.05) is 37.1 Å². The predicted octanol–water partition coefficient (Wildman–Crippen LogP) is 2.23. The highest BCUT2D eigenvalue weighted by atomic mass is 32.1. The summed E-state index contributed by atoms with van der Waals surface area (Å²) in [6.45, 7) is 7.08. The highest BCUT2D eigenvalue weighted by Crippen LogP contribution is 2.26. The van der Waals surface area contributed by atoms with Gasteiger partial charge in [0.1, 0.15) is 0 Å². The first-order valence-electron chi connectivity index (χ1n) is 8.91. The van der Waals surface area contributed by atoms with E-state index in [4.69, 9.17) is 5.11 Å². The number of rotatable bonds is 3. The average Bonchev–Trinajstić information content (AvgIpc) is 2.94. The van der Waals surface area contributed by atoms with Gasteiger partial charge in [0.2, 0.25) is 0 Å². The number of anilines is 1. The number of aliphatic carboxylic acids is 1. The number of urea groups is 1. The lowest BCUT2D eigenvalue weighted by Gasteiger charge is -2.36. The van der Waals surface area contributed by atoms with Crippen molar-refractivity contribution < 1.29 is 14.7 Å². The summed E-state index contributed by atoms with van der Waals surface area (Å²) in [5.74, 6) is -0.963. The zero-order valence-corrected chi connectivity index (χ0v) is 15.6. The average molecular weight is 366 g/mol. The molecule has 1 saturated carbocycles. The molecule has 1 saturated heterocycles. The van der Waals surface area contributed by atoms with Crippen molar-refractivity contribution in [2.45, 2.75) is 45.6 Å². The molecule has 0 aromatic carbocycles. The summed E-state index contributed by atoms with van der Waals surface area (Å²) in [6.07, 6.45) is 2.80. The molecule has 1 aromatic heterocycles. The molecular weight excluding hydrogens is 340 g/mol. The third-order valence-electron chi connectivity index (χ3n) is 5.26. The van der Waals surface area contributed by atoms with Crippen LogP contribution in [0.1, 0.15) is 36.3 Å². The van der Waals surface area contributed by atoms with Crippen molar-refractivity contribution in [3.8, 4) is 0 Å². The summed E-state index contributed by atoms with van der Waals surface area (Å²) in [5, 5.41) is 13.2. The third-order valence-corrected chi connectivity index (χ3v) is 6.39. The number of carboxylic acid groups (broad SMARTS) is 1. The number of nitrogens with zero attached hydrogens (tertiary/aromatic N) is 3. The largest absolute Gasteiger partial charge is 0.481 e. The number of piperazine rings is 1. The molecule has 2 heterocycles. The molecule has 1 aliphatic carbocycles. The Morgan fingerprint density at radius 3 is 2.28 bits per heavy atom. The van der Waals surface area contributed by atoms with E-state index in [9.17, 15) is 9.59 Å². The minimum atomic E-state index is -0.714. The SMILES string of the molecule is Cc1nc(N2CCN(C(=O)NC3CCC(C(=O)O)CC3)CC2)sc1C. The van der Waals surface area contributed by atoms with Crippen molar-refractivity contribution in [2.75, 3.05) is 31.1 Å². The van der Waals surface area contributed by atoms with E-state index in [0.29, 0.717) is 25.9 Å². The standard InChI is InChI=1S/C17H26N4O3S/c1-11-12(2)25-17(18-11)21-9-7-20(8-10-21)16(24)19-14-5-3-13(4-6-14)15(22)23/h13-14H,3-10H2,1-2H3,(H,19,24)(H,22,23). The fraction of sp³-hybridized carbons (Fsp3) is 0.706. The van der Waals surface area contributed by atoms with E-state index in [1.54, 1.807) is 11.3 Å². The minimum Gasteiger partial charge on any atom is -0.481 e. The minimum absolute atomic E-state index is 0.0232. The second-order valence-corrected chi connectivity index (χ2v) is 8.13. The fourth-order valence-electron chi connectivity index (χ4n) is 3.44. The lowest BCUT2D eigenvalue weighted by Crippen LogP contribution is -2.54. The molecule has 0 unspecified atom stereocenters. The smallest absolute Gasteiger partial charge is 0.317 e. The van der Waals surface area contributed by atoms with Crippen LogP contribution >= 0.6 is 11.3 Å². The maximum Gasteiger partial charge on any atom is 0.317 e. The molecule has 1 aromatic rings. The predicted molar refractivity (Wildman–Crippen MR) is 97.3 cm³/mol. The number of thiazole rings is 1. The van der Waals surface area contributed by atoms with Gasteiger partial charge in [-0.2, -0.15) is 0 Å². The van der Waals surface area contributed by atoms with Gasteiger partial charge in [-0.15, -0.1) is 11.3 Å². The molecule has 2 aliphatic rings. The number of carboxylic acids is 1. The van der Waals surface area contributed by atoms with Gasteiger partial charge in [-0.3, -0.25) is 4.79 Å². The summed E-state index contributed by atoms with van der Waals surface area (Å²) >= 11 is 1.71. The highest BCUT2D eigenvalue weighted by Gasteiger charge is 2.29. The molecule has 8 heteroatoms. The Labute approximate surface area is 152 Å². The van der Waals surface area contributed by atoms with Gasteiger partial charge in [0.05, 0.1) is 11.6 Å². The fourth-order valence-corrected chi connectivity index (χ4v) is 4.40. The van der Waals surface area contributed by atoms with Crippen molar-refractivity contribution in [3.05, 3.63) is 10.6 Å². The normalized spacial score (nSPS) is 24.2. The lowest BCUT2D eigenvalue weighted by atomic mass is 9.86. The molecule has 0 spiro atoms. The van der Waals surface area contributed by atoms with Gasteiger partial charge in [0.25, 0.3) is 0 Å². The molecule has 138 valence electrons. The Bertz CT molecular complexity index is 612. The number of carbonyl (C=O) groups is 2. The first kappa shape index (κ1) is 18.0. The van der Waals surface area contributed by atoms with E-state index in [0.717, 1.165) is 36.8 Å².